The van der Waals surface area contributed by atoms with Gasteiger partial charge in [-0.05, 0) is 49.9 Å². The van der Waals surface area contributed by atoms with Crippen LogP contribution >= 0.6 is 0 Å². The van der Waals surface area contributed by atoms with Gasteiger partial charge in [-0.3, -0.25) is 0 Å². The summed E-state index contributed by atoms with van der Waals surface area (Å²) in [5.41, 5.74) is 7.52. The van der Waals surface area contributed by atoms with Gasteiger partial charge in [0.1, 0.15) is 5.75 Å². The van der Waals surface area contributed by atoms with E-state index in [0.717, 1.165) is 36.9 Å². The predicted molar refractivity (Wildman–Crippen MR) is 54.8 cm³/mol. The topological polar surface area (TPSA) is 46.2 Å². The number of phenolic OH excluding ortho intramolecular Hbond substituents is 1. The van der Waals surface area contributed by atoms with Gasteiger partial charge in [-0.15, -0.1) is 0 Å². The maximum Gasteiger partial charge on any atom is 0.119 e. The summed E-state index contributed by atoms with van der Waals surface area (Å²) < 4.78 is 0. The lowest BCUT2D eigenvalue weighted by Gasteiger charge is -2.04. The third kappa shape index (κ3) is 3.07. The van der Waals surface area contributed by atoms with Crippen LogP contribution < -0.4 is 5.73 Å². The van der Waals surface area contributed by atoms with E-state index in [1.165, 1.54) is 0 Å². The molecule has 0 fully saturated rings. The summed E-state index contributed by atoms with van der Waals surface area (Å²) in [6.07, 6.45) is 2.99. The molecule has 13 heavy (non-hydrogen) atoms. The first-order valence-electron chi connectivity index (χ1n) is 4.72. The van der Waals surface area contributed by atoms with Crippen molar-refractivity contribution in [3.63, 3.8) is 0 Å². The van der Waals surface area contributed by atoms with E-state index in [1.807, 2.05) is 19.1 Å². The van der Waals surface area contributed by atoms with E-state index in [4.69, 9.17) is 5.73 Å². The Kier molecular flexibility index (Phi) is 3.77. The first-order chi connectivity index (χ1) is 6.24. The number of aromatic hydroxyl groups is 1. The number of hydrogen-bond acceptors (Lipinski definition) is 2. The lowest BCUT2D eigenvalue weighted by Crippen LogP contribution is -1.99. The second-order valence-corrected chi connectivity index (χ2v) is 3.38. The molecule has 1 aromatic rings. The van der Waals surface area contributed by atoms with Crippen molar-refractivity contribution in [3.05, 3.63) is 29.3 Å². The lowest BCUT2D eigenvalue weighted by molar-refractivity contribution is 0.466. The minimum absolute atomic E-state index is 0.414. The van der Waals surface area contributed by atoms with E-state index >= 15 is 0 Å². The molecular weight excluding hydrogens is 162 g/mol. The molecule has 0 radical (unpaired) electrons. The summed E-state index contributed by atoms with van der Waals surface area (Å²) in [4.78, 5) is 0. The highest BCUT2D eigenvalue weighted by atomic mass is 16.3. The first kappa shape index (κ1) is 10.1. The first-order valence-corrected chi connectivity index (χ1v) is 4.72. The lowest BCUT2D eigenvalue weighted by atomic mass is 10.1. The van der Waals surface area contributed by atoms with Gasteiger partial charge in [0, 0.05) is 0 Å². The Labute approximate surface area is 79.4 Å². The molecule has 1 rings (SSSR count). The molecule has 0 aromatic heterocycles. The highest BCUT2D eigenvalue weighted by molar-refractivity contribution is 5.35. The van der Waals surface area contributed by atoms with Crippen LogP contribution in [0.25, 0.3) is 0 Å². The maximum atomic E-state index is 9.56. The summed E-state index contributed by atoms with van der Waals surface area (Å²) in [5.74, 6) is 0.414. The zero-order valence-electron chi connectivity index (χ0n) is 8.09. The van der Waals surface area contributed by atoms with E-state index in [0.29, 0.717) is 5.75 Å². The quantitative estimate of drug-likeness (QED) is 0.694. The Morgan fingerprint density at radius 2 is 2.08 bits per heavy atom. The van der Waals surface area contributed by atoms with Crippen molar-refractivity contribution in [2.45, 2.75) is 26.2 Å². The molecule has 0 aliphatic heterocycles. The average Bonchev–Trinajstić information content (AvgIpc) is 2.09. The number of phenols is 1. The molecule has 3 N–H and O–H groups in total. The van der Waals surface area contributed by atoms with Crippen LogP contribution in [0, 0.1) is 6.92 Å². The Balaban J connectivity index is 2.56. The van der Waals surface area contributed by atoms with Gasteiger partial charge in [0.15, 0.2) is 0 Å². The van der Waals surface area contributed by atoms with Gasteiger partial charge in [0.05, 0.1) is 0 Å². The molecule has 0 saturated carbocycles. The number of aryl methyl sites for hydroxylation is 2. The molecule has 1 aromatic carbocycles. The number of nitrogens with two attached hydrogens (primary N) is 1. The molecule has 0 aliphatic carbocycles. The van der Waals surface area contributed by atoms with E-state index in [9.17, 15) is 5.11 Å². The Hall–Kier alpha value is -1.02. The van der Waals surface area contributed by atoms with Crippen molar-refractivity contribution in [2.75, 3.05) is 6.54 Å². The highest BCUT2D eigenvalue weighted by Gasteiger charge is 1.99. The summed E-state index contributed by atoms with van der Waals surface area (Å²) >= 11 is 0. The Morgan fingerprint density at radius 3 is 2.69 bits per heavy atom. The molecule has 0 heterocycles. The highest BCUT2D eigenvalue weighted by Crippen LogP contribution is 2.20. The fourth-order valence-corrected chi connectivity index (χ4v) is 1.35. The molecule has 0 unspecified atom stereocenters. The fourth-order valence-electron chi connectivity index (χ4n) is 1.35. The maximum absolute atomic E-state index is 9.56. The van der Waals surface area contributed by atoms with E-state index in [1.54, 1.807) is 6.07 Å². The van der Waals surface area contributed by atoms with E-state index in [2.05, 4.69) is 0 Å². The summed E-state index contributed by atoms with van der Waals surface area (Å²) in [5, 5.41) is 9.56. The van der Waals surface area contributed by atoms with Crippen molar-refractivity contribution in [3.8, 4) is 5.75 Å². The summed E-state index contributed by atoms with van der Waals surface area (Å²) in [6, 6.07) is 5.82. The molecule has 0 spiro atoms. The number of unbranched alkanes of at least 4 members (excludes halogenated alkanes) is 1. The predicted octanol–water partition coefficient (Wildman–Crippen LogP) is 1.98. The van der Waals surface area contributed by atoms with E-state index < -0.39 is 0 Å². The van der Waals surface area contributed by atoms with E-state index in [-0.39, 0.29) is 0 Å². The van der Waals surface area contributed by atoms with Crippen molar-refractivity contribution in [1.82, 2.24) is 0 Å². The van der Waals surface area contributed by atoms with Crippen LogP contribution in [0.5, 0.6) is 5.75 Å². The van der Waals surface area contributed by atoms with Crippen LogP contribution in [0.3, 0.4) is 0 Å². The average molecular weight is 179 g/mol. The van der Waals surface area contributed by atoms with Crippen LogP contribution in [-0.4, -0.2) is 11.7 Å². The van der Waals surface area contributed by atoms with Crippen LogP contribution in [0.4, 0.5) is 0 Å². The number of rotatable bonds is 4. The minimum Gasteiger partial charge on any atom is -0.508 e. The Bertz CT molecular complexity index is 271. The molecule has 2 heteroatoms. The largest absolute Gasteiger partial charge is 0.508 e. The summed E-state index contributed by atoms with van der Waals surface area (Å²) in [7, 11) is 0. The molecule has 0 saturated heterocycles. The van der Waals surface area contributed by atoms with Gasteiger partial charge >= 0.3 is 0 Å². The third-order valence-electron chi connectivity index (χ3n) is 2.14. The molecule has 0 bridgehead atoms. The monoisotopic (exact) mass is 179 g/mol. The summed E-state index contributed by atoms with van der Waals surface area (Å²) in [6.45, 7) is 2.70. The van der Waals surface area contributed by atoms with Gasteiger partial charge < -0.3 is 10.8 Å². The van der Waals surface area contributed by atoms with Gasteiger partial charge in [-0.25, -0.2) is 0 Å². The van der Waals surface area contributed by atoms with Gasteiger partial charge in [-0.1, -0.05) is 12.1 Å². The van der Waals surface area contributed by atoms with Crippen molar-refractivity contribution in [2.24, 2.45) is 5.73 Å². The second-order valence-electron chi connectivity index (χ2n) is 3.38. The third-order valence-corrected chi connectivity index (χ3v) is 2.14. The smallest absolute Gasteiger partial charge is 0.119 e. The molecule has 0 amide bonds. The van der Waals surface area contributed by atoms with Crippen molar-refractivity contribution < 1.29 is 5.11 Å². The fraction of sp³-hybridized carbons (Fsp3) is 0.455. The van der Waals surface area contributed by atoms with Gasteiger partial charge in [-0.2, -0.15) is 0 Å². The van der Waals surface area contributed by atoms with Crippen molar-refractivity contribution >= 4 is 0 Å². The molecule has 72 valence electrons. The SMILES string of the molecule is Cc1ccc(CCCCN)c(O)c1. The molecule has 0 aliphatic rings. The second kappa shape index (κ2) is 4.87. The van der Waals surface area contributed by atoms with Gasteiger partial charge in [0.2, 0.25) is 0 Å². The van der Waals surface area contributed by atoms with Crippen molar-refractivity contribution in [1.29, 1.82) is 0 Å². The van der Waals surface area contributed by atoms with Crippen LogP contribution in [-0.2, 0) is 6.42 Å². The molecule has 2 nitrogen and oxygen atoms in total. The van der Waals surface area contributed by atoms with Crippen LogP contribution in [0.15, 0.2) is 18.2 Å². The van der Waals surface area contributed by atoms with Crippen LogP contribution in [0.2, 0.25) is 0 Å². The van der Waals surface area contributed by atoms with Crippen LogP contribution in [0.1, 0.15) is 24.0 Å². The zero-order valence-corrected chi connectivity index (χ0v) is 8.09. The Morgan fingerprint density at radius 1 is 1.31 bits per heavy atom. The standard InChI is InChI=1S/C11H17NO/c1-9-5-6-10(11(13)8-9)4-2-3-7-12/h5-6,8,13H,2-4,7,12H2,1H3. The molecular formula is C11H17NO. The number of hydrogen-bond donors (Lipinski definition) is 2. The molecule has 0 atom stereocenters. The normalized spacial score (nSPS) is 10.3. The zero-order chi connectivity index (χ0) is 9.68. The minimum atomic E-state index is 0.414. The number of benzene rings is 1. The van der Waals surface area contributed by atoms with Gasteiger partial charge in [0.25, 0.3) is 0 Å².